The molecule has 0 aromatic heterocycles. The normalized spacial score (nSPS) is 27.9. The van der Waals surface area contributed by atoms with E-state index in [1.807, 2.05) is 0 Å². The Morgan fingerprint density at radius 2 is 2.00 bits per heavy atom. The maximum atomic E-state index is 3.49. The fourth-order valence-corrected chi connectivity index (χ4v) is 3.39. The first kappa shape index (κ1) is 12.4. The summed E-state index contributed by atoms with van der Waals surface area (Å²) in [7, 11) is 0. The molecule has 2 rings (SSSR count). The van der Waals surface area contributed by atoms with E-state index in [2.05, 4.69) is 31.0 Å². The van der Waals surface area contributed by atoms with Gasteiger partial charge in [-0.05, 0) is 56.1 Å². The fraction of sp³-hybridized carbons (Fsp3) is 1.00. The van der Waals surface area contributed by atoms with Gasteiger partial charge in [-0.1, -0.05) is 20.8 Å². The molecular formula is C14H28N2. The smallest absolute Gasteiger partial charge is 0.00152 e. The van der Waals surface area contributed by atoms with Gasteiger partial charge in [0, 0.05) is 13.1 Å². The second-order valence-electron chi connectivity index (χ2n) is 6.26. The minimum atomic E-state index is 0.760. The highest BCUT2D eigenvalue weighted by Gasteiger charge is 2.53. The van der Waals surface area contributed by atoms with Gasteiger partial charge in [0.05, 0.1) is 0 Å². The van der Waals surface area contributed by atoms with Gasteiger partial charge in [-0.25, -0.2) is 0 Å². The van der Waals surface area contributed by atoms with Crippen molar-refractivity contribution in [1.29, 1.82) is 0 Å². The number of hydrogen-bond acceptors (Lipinski definition) is 2. The van der Waals surface area contributed by atoms with E-state index >= 15 is 0 Å². The number of nitrogens with zero attached hydrogens (tertiary/aromatic N) is 1. The van der Waals surface area contributed by atoms with Gasteiger partial charge >= 0.3 is 0 Å². The highest BCUT2D eigenvalue weighted by atomic mass is 15.1. The third-order valence-electron chi connectivity index (χ3n) is 4.51. The molecule has 1 spiro atoms. The Kier molecular flexibility index (Phi) is 3.91. The van der Waals surface area contributed by atoms with Crippen molar-refractivity contribution in [2.75, 3.05) is 32.7 Å². The summed E-state index contributed by atoms with van der Waals surface area (Å²) in [5.41, 5.74) is 0.760. The first-order chi connectivity index (χ1) is 7.66. The molecule has 0 bridgehead atoms. The van der Waals surface area contributed by atoms with Crippen LogP contribution in [0.1, 0.15) is 40.0 Å². The van der Waals surface area contributed by atoms with Crippen LogP contribution >= 0.6 is 0 Å². The van der Waals surface area contributed by atoms with E-state index in [0.717, 1.165) is 17.3 Å². The molecule has 1 atom stereocenters. The van der Waals surface area contributed by atoms with Crippen molar-refractivity contribution in [3.05, 3.63) is 0 Å². The predicted octanol–water partition coefficient (Wildman–Crippen LogP) is 2.35. The Morgan fingerprint density at radius 1 is 1.31 bits per heavy atom. The SMILES string of the molecule is CCN(CC(C)C)CC1CC12CCNCC2. The van der Waals surface area contributed by atoms with E-state index in [4.69, 9.17) is 0 Å². The molecule has 1 unspecified atom stereocenters. The molecule has 0 aromatic carbocycles. The van der Waals surface area contributed by atoms with Gasteiger partial charge in [-0.15, -0.1) is 0 Å². The Hall–Kier alpha value is -0.0800. The van der Waals surface area contributed by atoms with E-state index in [1.165, 1.54) is 52.0 Å². The molecule has 1 saturated carbocycles. The number of hydrogen-bond donors (Lipinski definition) is 1. The molecule has 1 aliphatic heterocycles. The average Bonchev–Trinajstić information content (AvgIpc) is 2.90. The van der Waals surface area contributed by atoms with Crippen LogP contribution in [0.15, 0.2) is 0 Å². The first-order valence-corrected chi connectivity index (χ1v) is 7.09. The summed E-state index contributed by atoms with van der Waals surface area (Å²) in [5, 5.41) is 3.49. The van der Waals surface area contributed by atoms with Gasteiger partial charge in [-0.2, -0.15) is 0 Å². The summed E-state index contributed by atoms with van der Waals surface area (Å²) in [6, 6.07) is 0. The lowest BCUT2D eigenvalue weighted by Gasteiger charge is -2.27. The zero-order valence-electron chi connectivity index (χ0n) is 11.3. The van der Waals surface area contributed by atoms with Crippen LogP contribution in [0.4, 0.5) is 0 Å². The molecule has 1 heterocycles. The Bertz CT molecular complexity index is 219. The van der Waals surface area contributed by atoms with Crippen molar-refractivity contribution in [2.24, 2.45) is 17.3 Å². The summed E-state index contributed by atoms with van der Waals surface area (Å²) in [6.07, 6.45) is 4.36. The van der Waals surface area contributed by atoms with Crippen LogP contribution in [0, 0.1) is 17.3 Å². The minimum absolute atomic E-state index is 0.760. The molecule has 0 aromatic rings. The van der Waals surface area contributed by atoms with Crippen LogP contribution in [0.25, 0.3) is 0 Å². The summed E-state index contributed by atoms with van der Waals surface area (Å²) < 4.78 is 0. The highest BCUT2D eigenvalue weighted by molar-refractivity contribution is 5.05. The van der Waals surface area contributed by atoms with Gasteiger partial charge in [0.25, 0.3) is 0 Å². The van der Waals surface area contributed by atoms with Crippen LogP contribution < -0.4 is 5.32 Å². The van der Waals surface area contributed by atoms with E-state index in [9.17, 15) is 0 Å². The zero-order valence-corrected chi connectivity index (χ0v) is 11.3. The fourth-order valence-electron chi connectivity index (χ4n) is 3.39. The van der Waals surface area contributed by atoms with Gasteiger partial charge < -0.3 is 10.2 Å². The van der Waals surface area contributed by atoms with E-state index in [-0.39, 0.29) is 0 Å². The maximum absolute atomic E-state index is 3.49. The van der Waals surface area contributed by atoms with Crippen LogP contribution in [0.3, 0.4) is 0 Å². The monoisotopic (exact) mass is 224 g/mol. The highest BCUT2D eigenvalue weighted by Crippen LogP contribution is 2.58. The molecule has 2 nitrogen and oxygen atoms in total. The zero-order chi connectivity index (χ0) is 11.6. The average molecular weight is 224 g/mol. The van der Waals surface area contributed by atoms with E-state index in [1.54, 1.807) is 0 Å². The van der Waals surface area contributed by atoms with E-state index in [0.29, 0.717) is 0 Å². The molecule has 0 radical (unpaired) electrons. The van der Waals surface area contributed by atoms with Crippen LogP contribution in [0.5, 0.6) is 0 Å². The van der Waals surface area contributed by atoms with Gasteiger partial charge in [0.2, 0.25) is 0 Å². The Balaban J connectivity index is 1.77. The lowest BCUT2D eigenvalue weighted by Crippen LogP contribution is -2.34. The third-order valence-corrected chi connectivity index (χ3v) is 4.51. The van der Waals surface area contributed by atoms with E-state index < -0.39 is 0 Å². The Morgan fingerprint density at radius 3 is 2.56 bits per heavy atom. The second-order valence-corrected chi connectivity index (χ2v) is 6.26. The molecule has 94 valence electrons. The topological polar surface area (TPSA) is 15.3 Å². The minimum Gasteiger partial charge on any atom is -0.317 e. The lowest BCUT2D eigenvalue weighted by atomic mass is 9.92. The second kappa shape index (κ2) is 5.05. The predicted molar refractivity (Wildman–Crippen MR) is 69.6 cm³/mol. The summed E-state index contributed by atoms with van der Waals surface area (Å²) in [6.45, 7) is 13.3. The van der Waals surface area contributed by atoms with Crippen LogP contribution in [-0.2, 0) is 0 Å². The molecule has 1 aliphatic carbocycles. The van der Waals surface area contributed by atoms with Crippen LogP contribution in [0.2, 0.25) is 0 Å². The van der Waals surface area contributed by atoms with Gasteiger partial charge in [-0.3, -0.25) is 0 Å². The van der Waals surface area contributed by atoms with Crippen molar-refractivity contribution in [2.45, 2.75) is 40.0 Å². The summed E-state index contributed by atoms with van der Waals surface area (Å²) in [5.74, 6) is 1.82. The number of nitrogens with one attached hydrogen (secondary N) is 1. The van der Waals surface area contributed by atoms with Crippen molar-refractivity contribution >= 4 is 0 Å². The summed E-state index contributed by atoms with van der Waals surface area (Å²) in [4.78, 5) is 2.66. The van der Waals surface area contributed by atoms with Gasteiger partial charge in [0.1, 0.15) is 0 Å². The molecular weight excluding hydrogens is 196 g/mol. The standard InChI is InChI=1S/C14H28N2/c1-4-16(10-12(2)3)11-13-9-14(13)5-7-15-8-6-14/h12-13,15H,4-11H2,1-3H3. The molecule has 1 N–H and O–H groups in total. The third kappa shape index (κ3) is 2.78. The molecule has 2 fully saturated rings. The van der Waals surface area contributed by atoms with Crippen molar-refractivity contribution in [3.63, 3.8) is 0 Å². The Labute approximate surface area is 101 Å². The van der Waals surface area contributed by atoms with Crippen molar-refractivity contribution < 1.29 is 0 Å². The van der Waals surface area contributed by atoms with Gasteiger partial charge in [0.15, 0.2) is 0 Å². The quantitative estimate of drug-likeness (QED) is 0.771. The molecule has 2 aliphatic rings. The maximum Gasteiger partial charge on any atom is 0.00152 e. The lowest BCUT2D eigenvalue weighted by molar-refractivity contribution is 0.218. The van der Waals surface area contributed by atoms with Crippen LogP contribution in [-0.4, -0.2) is 37.6 Å². The number of piperidine rings is 1. The van der Waals surface area contributed by atoms with Crippen molar-refractivity contribution in [3.8, 4) is 0 Å². The largest absolute Gasteiger partial charge is 0.317 e. The molecule has 2 heteroatoms. The number of rotatable bonds is 5. The molecule has 1 saturated heterocycles. The first-order valence-electron chi connectivity index (χ1n) is 7.09. The molecule has 16 heavy (non-hydrogen) atoms. The van der Waals surface area contributed by atoms with Crippen molar-refractivity contribution in [1.82, 2.24) is 10.2 Å². The summed E-state index contributed by atoms with van der Waals surface area (Å²) >= 11 is 0. The molecule has 0 amide bonds.